The Morgan fingerprint density at radius 1 is 1.15 bits per heavy atom. The fourth-order valence-corrected chi connectivity index (χ4v) is 6.59. The van der Waals surface area contributed by atoms with Gasteiger partial charge in [0.05, 0.1) is 22.4 Å². The Bertz CT molecular complexity index is 1300. The van der Waals surface area contributed by atoms with Gasteiger partial charge >= 0.3 is 0 Å². The molecule has 0 saturated carbocycles. The summed E-state index contributed by atoms with van der Waals surface area (Å²) >= 11 is 6.29. The standard InChI is InChI=1S/C23H19ClN4O5/c1-11-9-13(28(32)33)5-7-16(11)27-20(29)18-17-3-2-8-26(17)23(19(18)21(27)30)14-10-12(24)4-6-15(14)25-22(23)31/h4-7,9-10,17-19H,2-3,8H2,1H3,(H,25,31)/t17-,18-,19+,23-/m1/s1. The number of nitrogens with one attached hydrogen (secondary N) is 1. The van der Waals surface area contributed by atoms with Crippen LogP contribution >= 0.6 is 11.6 Å². The van der Waals surface area contributed by atoms with Crippen LogP contribution in [-0.4, -0.2) is 40.1 Å². The molecule has 33 heavy (non-hydrogen) atoms. The van der Waals surface area contributed by atoms with E-state index in [1.807, 2.05) is 4.90 Å². The van der Waals surface area contributed by atoms with Crippen molar-refractivity contribution < 1.29 is 19.3 Å². The molecule has 4 aliphatic heterocycles. The highest BCUT2D eigenvalue weighted by atomic mass is 35.5. The minimum absolute atomic E-state index is 0.118. The Morgan fingerprint density at radius 2 is 1.94 bits per heavy atom. The number of amides is 3. The molecule has 10 heteroatoms. The maximum atomic E-state index is 13.9. The van der Waals surface area contributed by atoms with E-state index in [2.05, 4.69) is 5.32 Å². The zero-order valence-corrected chi connectivity index (χ0v) is 18.3. The van der Waals surface area contributed by atoms with Crippen LogP contribution in [-0.2, 0) is 19.9 Å². The van der Waals surface area contributed by atoms with Gasteiger partial charge in [0.2, 0.25) is 17.7 Å². The molecular formula is C23H19ClN4O5. The first-order chi connectivity index (χ1) is 15.8. The average molecular weight is 467 g/mol. The number of aryl methyl sites for hydroxylation is 1. The van der Waals surface area contributed by atoms with Crippen molar-refractivity contribution in [2.45, 2.75) is 31.3 Å². The SMILES string of the molecule is Cc1cc([N+](=O)[O-])ccc1N1C(=O)[C@@H]2[C@H]3CCCN3[C@@]3(C(=O)Nc4ccc(Cl)cc43)[C@@H]2C1=O. The molecule has 0 aliphatic carbocycles. The number of halogens is 1. The van der Waals surface area contributed by atoms with E-state index >= 15 is 0 Å². The van der Waals surface area contributed by atoms with Crippen molar-refractivity contribution in [3.05, 3.63) is 62.7 Å². The summed E-state index contributed by atoms with van der Waals surface area (Å²) in [5, 5.41) is 14.5. The molecule has 3 amide bonds. The van der Waals surface area contributed by atoms with E-state index in [4.69, 9.17) is 11.6 Å². The number of hydrogen-bond acceptors (Lipinski definition) is 6. The first kappa shape index (κ1) is 20.3. The van der Waals surface area contributed by atoms with Gasteiger partial charge in [0.15, 0.2) is 0 Å². The third-order valence-corrected chi connectivity index (χ3v) is 7.82. The first-order valence-corrected chi connectivity index (χ1v) is 11.2. The van der Waals surface area contributed by atoms with Crippen molar-refractivity contribution in [1.29, 1.82) is 0 Å². The van der Waals surface area contributed by atoms with Gasteiger partial charge in [0.1, 0.15) is 5.54 Å². The van der Waals surface area contributed by atoms with Crippen molar-refractivity contribution in [2.24, 2.45) is 11.8 Å². The molecule has 4 heterocycles. The van der Waals surface area contributed by atoms with E-state index in [9.17, 15) is 24.5 Å². The van der Waals surface area contributed by atoms with Crippen LogP contribution in [0.25, 0.3) is 0 Å². The second-order valence-corrected chi connectivity index (χ2v) is 9.49. The topological polar surface area (TPSA) is 113 Å². The van der Waals surface area contributed by atoms with Crippen LogP contribution in [0.3, 0.4) is 0 Å². The van der Waals surface area contributed by atoms with Crippen molar-refractivity contribution >= 4 is 46.4 Å². The van der Waals surface area contributed by atoms with Crippen LogP contribution in [0.2, 0.25) is 5.02 Å². The van der Waals surface area contributed by atoms with Gasteiger partial charge in [-0.25, -0.2) is 4.90 Å². The molecule has 4 aliphatic rings. The zero-order valence-electron chi connectivity index (χ0n) is 17.6. The number of fused-ring (bicyclic) bond motifs is 7. The highest BCUT2D eigenvalue weighted by molar-refractivity contribution is 6.31. The quantitative estimate of drug-likeness (QED) is 0.413. The van der Waals surface area contributed by atoms with Gasteiger partial charge in [0, 0.05) is 34.4 Å². The van der Waals surface area contributed by atoms with Gasteiger partial charge in [-0.3, -0.25) is 29.4 Å². The first-order valence-electron chi connectivity index (χ1n) is 10.8. The lowest BCUT2D eigenvalue weighted by atomic mass is 9.75. The number of hydrogen-bond donors (Lipinski definition) is 1. The van der Waals surface area contributed by atoms with Gasteiger partial charge in [-0.1, -0.05) is 11.6 Å². The van der Waals surface area contributed by atoms with Gasteiger partial charge in [0.25, 0.3) is 5.69 Å². The van der Waals surface area contributed by atoms with Crippen molar-refractivity contribution in [2.75, 3.05) is 16.8 Å². The van der Waals surface area contributed by atoms with E-state index in [0.717, 1.165) is 11.3 Å². The second kappa shape index (κ2) is 6.61. The fourth-order valence-electron chi connectivity index (χ4n) is 6.42. The molecule has 3 saturated heterocycles. The van der Waals surface area contributed by atoms with Crippen LogP contribution in [0.4, 0.5) is 17.1 Å². The third kappa shape index (κ3) is 2.38. The molecule has 0 bridgehead atoms. The van der Waals surface area contributed by atoms with Crippen LogP contribution in [0.5, 0.6) is 0 Å². The minimum atomic E-state index is -1.30. The summed E-state index contributed by atoms with van der Waals surface area (Å²) in [7, 11) is 0. The van der Waals surface area contributed by atoms with E-state index < -0.39 is 28.2 Å². The number of nitro groups is 1. The zero-order chi connectivity index (χ0) is 23.2. The van der Waals surface area contributed by atoms with Gasteiger partial charge in [-0.2, -0.15) is 0 Å². The molecule has 4 atom stereocenters. The number of imide groups is 1. The molecule has 168 valence electrons. The maximum absolute atomic E-state index is 13.9. The second-order valence-electron chi connectivity index (χ2n) is 9.06. The van der Waals surface area contributed by atoms with E-state index in [0.29, 0.717) is 40.5 Å². The van der Waals surface area contributed by atoms with E-state index in [-0.39, 0.29) is 23.5 Å². The predicted octanol–water partition coefficient (Wildman–Crippen LogP) is 2.99. The minimum Gasteiger partial charge on any atom is -0.324 e. The monoisotopic (exact) mass is 466 g/mol. The molecule has 0 radical (unpaired) electrons. The number of rotatable bonds is 2. The molecule has 3 fully saturated rings. The third-order valence-electron chi connectivity index (χ3n) is 7.59. The summed E-state index contributed by atoms with van der Waals surface area (Å²) in [5.41, 5.74) is 0.566. The summed E-state index contributed by atoms with van der Waals surface area (Å²) in [5.74, 6) is -2.71. The number of carbonyl (C=O) groups excluding carboxylic acids is 3. The largest absolute Gasteiger partial charge is 0.324 e. The summed E-state index contributed by atoms with van der Waals surface area (Å²) < 4.78 is 0. The molecule has 2 aromatic rings. The van der Waals surface area contributed by atoms with Crippen LogP contribution in [0, 0.1) is 28.9 Å². The lowest BCUT2D eigenvalue weighted by Gasteiger charge is -2.36. The molecular weight excluding hydrogens is 448 g/mol. The molecule has 6 rings (SSSR count). The Kier molecular flexibility index (Phi) is 4.07. The van der Waals surface area contributed by atoms with E-state index in [1.54, 1.807) is 25.1 Å². The molecule has 2 aromatic carbocycles. The highest BCUT2D eigenvalue weighted by Crippen LogP contribution is 2.61. The molecule has 9 nitrogen and oxygen atoms in total. The van der Waals surface area contributed by atoms with Crippen molar-refractivity contribution in [3.8, 4) is 0 Å². The van der Waals surface area contributed by atoms with Crippen LogP contribution in [0.1, 0.15) is 24.0 Å². The lowest BCUT2D eigenvalue weighted by molar-refractivity contribution is -0.384. The number of carbonyl (C=O) groups is 3. The Balaban J connectivity index is 1.53. The molecule has 1 N–H and O–H groups in total. The number of nitro benzene ring substituents is 1. The molecule has 0 aromatic heterocycles. The Morgan fingerprint density at radius 3 is 2.67 bits per heavy atom. The highest BCUT2D eigenvalue weighted by Gasteiger charge is 2.74. The maximum Gasteiger partial charge on any atom is 0.269 e. The molecule has 0 unspecified atom stereocenters. The summed E-state index contributed by atoms with van der Waals surface area (Å²) in [6.07, 6.45) is 1.52. The number of non-ortho nitro benzene ring substituents is 1. The van der Waals surface area contributed by atoms with E-state index in [1.165, 1.54) is 18.2 Å². The summed E-state index contributed by atoms with van der Waals surface area (Å²) in [6, 6.07) is 8.94. The lowest BCUT2D eigenvalue weighted by Crippen LogP contribution is -2.54. The normalized spacial score (nSPS) is 30.1. The number of benzene rings is 2. The van der Waals surface area contributed by atoms with Gasteiger partial charge < -0.3 is 5.32 Å². The smallest absolute Gasteiger partial charge is 0.269 e. The van der Waals surface area contributed by atoms with Gasteiger partial charge in [-0.15, -0.1) is 0 Å². The fraction of sp³-hybridized carbons (Fsp3) is 0.348. The summed E-state index contributed by atoms with van der Waals surface area (Å²) in [4.78, 5) is 55.0. The predicted molar refractivity (Wildman–Crippen MR) is 119 cm³/mol. The number of anilines is 2. The van der Waals surface area contributed by atoms with Gasteiger partial charge in [-0.05, 0) is 56.1 Å². The summed E-state index contributed by atoms with van der Waals surface area (Å²) in [6.45, 7) is 2.24. The molecule has 1 spiro atoms. The Hall–Kier alpha value is -3.30. The van der Waals surface area contributed by atoms with Crippen LogP contribution < -0.4 is 10.2 Å². The average Bonchev–Trinajstić information content (AvgIpc) is 3.47. The van der Waals surface area contributed by atoms with Crippen molar-refractivity contribution in [1.82, 2.24) is 4.90 Å². The number of nitrogens with zero attached hydrogens (tertiary/aromatic N) is 3. The van der Waals surface area contributed by atoms with Crippen molar-refractivity contribution in [3.63, 3.8) is 0 Å². The Labute approximate surface area is 193 Å². The van der Waals surface area contributed by atoms with Crippen LogP contribution in [0.15, 0.2) is 36.4 Å².